The fraction of sp³-hybridized carbons (Fsp3) is 0.500. The zero-order chi connectivity index (χ0) is 18.7. The van der Waals surface area contributed by atoms with Crippen molar-refractivity contribution in [3.63, 3.8) is 0 Å². The van der Waals surface area contributed by atoms with Gasteiger partial charge in [0.2, 0.25) is 0 Å². The largest absolute Gasteiger partial charge is 0.376 e. The van der Waals surface area contributed by atoms with Crippen LogP contribution < -0.4 is 10.9 Å². The highest BCUT2D eigenvalue weighted by molar-refractivity contribution is 7.80. The highest BCUT2D eigenvalue weighted by atomic mass is 32.1. The SMILES string of the molecule is CCNC(=S)N(Cc1cc2ccc(C)c(C)c2[nH]c1=O)CC1CCCO1. The van der Waals surface area contributed by atoms with Gasteiger partial charge in [0.1, 0.15) is 0 Å². The third-order valence-corrected chi connectivity index (χ3v) is 5.45. The summed E-state index contributed by atoms with van der Waals surface area (Å²) in [5, 5.41) is 4.92. The number of hydrogen-bond acceptors (Lipinski definition) is 3. The van der Waals surface area contributed by atoms with Crippen molar-refractivity contribution in [3.05, 3.63) is 45.2 Å². The van der Waals surface area contributed by atoms with E-state index in [1.165, 1.54) is 5.56 Å². The van der Waals surface area contributed by atoms with Crippen LogP contribution in [0.5, 0.6) is 0 Å². The van der Waals surface area contributed by atoms with Crippen LogP contribution in [0.1, 0.15) is 36.5 Å². The van der Waals surface area contributed by atoms with E-state index in [0.717, 1.165) is 48.0 Å². The molecule has 1 aromatic heterocycles. The standard InChI is InChI=1S/C20H27N3O2S/c1-4-21-20(26)23(12-17-6-5-9-25-17)11-16-10-15-8-7-13(2)14(3)18(15)22-19(16)24/h7-8,10,17H,4-6,9,11-12H2,1-3H3,(H,21,26)(H,22,24). The van der Waals surface area contributed by atoms with Gasteiger partial charge in [0.15, 0.2) is 5.11 Å². The molecule has 1 atom stereocenters. The number of aromatic nitrogens is 1. The Balaban J connectivity index is 1.89. The maximum absolute atomic E-state index is 12.7. The molecule has 140 valence electrons. The smallest absolute Gasteiger partial charge is 0.253 e. The summed E-state index contributed by atoms with van der Waals surface area (Å²) in [6.45, 7) is 8.86. The first-order valence-electron chi connectivity index (χ1n) is 9.26. The number of hydrogen-bond donors (Lipinski definition) is 2. The molecule has 1 unspecified atom stereocenters. The van der Waals surface area contributed by atoms with Crippen LogP contribution >= 0.6 is 12.2 Å². The normalized spacial score (nSPS) is 16.8. The minimum atomic E-state index is -0.0529. The zero-order valence-electron chi connectivity index (χ0n) is 15.7. The Hall–Kier alpha value is -1.92. The summed E-state index contributed by atoms with van der Waals surface area (Å²) in [5.74, 6) is 0. The molecule has 0 spiro atoms. The van der Waals surface area contributed by atoms with Crippen molar-refractivity contribution in [3.8, 4) is 0 Å². The van der Waals surface area contributed by atoms with Crippen LogP contribution in [0.15, 0.2) is 23.0 Å². The summed E-state index contributed by atoms with van der Waals surface area (Å²) >= 11 is 5.53. The molecule has 0 saturated carbocycles. The van der Waals surface area contributed by atoms with E-state index in [-0.39, 0.29) is 11.7 Å². The van der Waals surface area contributed by atoms with Crippen molar-refractivity contribution >= 4 is 28.2 Å². The number of pyridine rings is 1. The van der Waals surface area contributed by atoms with Gasteiger partial charge in [0.25, 0.3) is 5.56 Å². The van der Waals surface area contributed by atoms with Crippen molar-refractivity contribution < 1.29 is 4.74 Å². The molecule has 3 rings (SSSR count). The predicted octanol–water partition coefficient (Wildman–Crippen LogP) is 3.02. The molecule has 1 aliphatic rings. The van der Waals surface area contributed by atoms with Gasteiger partial charge in [-0.1, -0.05) is 12.1 Å². The minimum Gasteiger partial charge on any atom is -0.376 e. The van der Waals surface area contributed by atoms with Crippen molar-refractivity contribution in [2.75, 3.05) is 19.7 Å². The van der Waals surface area contributed by atoms with Crippen molar-refractivity contribution in [2.24, 2.45) is 0 Å². The molecule has 1 aromatic carbocycles. The third kappa shape index (κ3) is 4.07. The van der Waals surface area contributed by atoms with Gasteiger partial charge in [0.05, 0.1) is 18.2 Å². The second-order valence-corrected chi connectivity index (χ2v) is 7.33. The van der Waals surface area contributed by atoms with E-state index in [2.05, 4.69) is 29.4 Å². The van der Waals surface area contributed by atoms with Crippen LogP contribution in [0, 0.1) is 13.8 Å². The van der Waals surface area contributed by atoms with Crippen LogP contribution in [0.4, 0.5) is 0 Å². The van der Waals surface area contributed by atoms with E-state index in [0.29, 0.717) is 18.2 Å². The first-order chi connectivity index (χ1) is 12.5. The number of ether oxygens (including phenoxy) is 1. The molecule has 0 aliphatic carbocycles. The molecule has 2 heterocycles. The number of aromatic amines is 1. The highest BCUT2D eigenvalue weighted by Crippen LogP contribution is 2.20. The molecule has 26 heavy (non-hydrogen) atoms. The predicted molar refractivity (Wildman–Crippen MR) is 110 cm³/mol. The lowest BCUT2D eigenvalue weighted by Crippen LogP contribution is -2.43. The highest BCUT2D eigenvalue weighted by Gasteiger charge is 2.22. The van der Waals surface area contributed by atoms with Crippen molar-refractivity contribution in [1.29, 1.82) is 0 Å². The maximum Gasteiger partial charge on any atom is 0.253 e. The number of rotatable bonds is 5. The van der Waals surface area contributed by atoms with E-state index < -0.39 is 0 Å². The first kappa shape index (κ1) is 18.9. The van der Waals surface area contributed by atoms with Gasteiger partial charge in [-0.2, -0.15) is 0 Å². The van der Waals surface area contributed by atoms with Crippen LogP contribution in [0.2, 0.25) is 0 Å². The second kappa shape index (κ2) is 8.18. The summed E-state index contributed by atoms with van der Waals surface area (Å²) in [5.41, 5.74) is 3.88. The van der Waals surface area contributed by atoms with E-state index in [1.807, 2.05) is 24.8 Å². The topological polar surface area (TPSA) is 57.4 Å². The lowest BCUT2D eigenvalue weighted by Gasteiger charge is -2.28. The average Bonchev–Trinajstić information content (AvgIpc) is 3.12. The van der Waals surface area contributed by atoms with E-state index >= 15 is 0 Å². The number of H-pyrrole nitrogens is 1. The van der Waals surface area contributed by atoms with Gasteiger partial charge < -0.3 is 19.9 Å². The molecule has 1 aliphatic heterocycles. The van der Waals surface area contributed by atoms with Crippen LogP contribution in [-0.4, -0.2) is 40.8 Å². The number of benzene rings is 1. The lowest BCUT2D eigenvalue weighted by atomic mass is 10.0. The molecule has 1 saturated heterocycles. The third-order valence-electron chi connectivity index (χ3n) is 5.05. The molecular formula is C20H27N3O2S. The number of aryl methyl sites for hydroxylation is 2. The Morgan fingerprint density at radius 3 is 2.92 bits per heavy atom. The van der Waals surface area contributed by atoms with Crippen LogP contribution in [0.25, 0.3) is 10.9 Å². The summed E-state index contributed by atoms with van der Waals surface area (Å²) in [6.07, 6.45) is 2.30. The minimum absolute atomic E-state index is 0.0529. The Morgan fingerprint density at radius 1 is 1.42 bits per heavy atom. The molecular weight excluding hydrogens is 346 g/mol. The zero-order valence-corrected chi connectivity index (χ0v) is 16.5. The summed E-state index contributed by atoms with van der Waals surface area (Å²) in [7, 11) is 0. The lowest BCUT2D eigenvalue weighted by molar-refractivity contribution is 0.0897. The fourth-order valence-electron chi connectivity index (χ4n) is 3.41. The summed E-state index contributed by atoms with van der Waals surface area (Å²) in [6, 6.07) is 6.13. The van der Waals surface area contributed by atoms with Gasteiger partial charge in [-0.05, 0) is 68.4 Å². The first-order valence-corrected chi connectivity index (χ1v) is 9.67. The van der Waals surface area contributed by atoms with Gasteiger partial charge in [-0.15, -0.1) is 0 Å². The van der Waals surface area contributed by atoms with E-state index in [9.17, 15) is 4.79 Å². The molecule has 0 amide bonds. The summed E-state index contributed by atoms with van der Waals surface area (Å²) < 4.78 is 5.76. The van der Waals surface area contributed by atoms with Gasteiger partial charge in [-0.3, -0.25) is 4.79 Å². The van der Waals surface area contributed by atoms with Crippen molar-refractivity contribution in [1.82, 2.24) is 15.2 Å². The second-order valence-electron chi connectivity index (χ2n) is 6.95. The summed E-state index contributed by atoms with van der Waals surface area (Å²) in [4.78, 5) is 17.8. The van der Waals surface area contributed by atoms with Gasteiger partial charge >= 0.3 is 0 Å². The number of nitrogens with one attached hydrogen (secondary N) is 2. The quantitative estimate of drug-likeness (QED) is 0.789. The number of thiocarbonyl (C=S) groups is 1. The molecule has 0 bridgehead atoms. The van der Waals surface area contributed by atoms with Crippen LogP contribution in [-0.2, 0) is 11.3 Å². The molecule has 5 nitrogen and oxygen atoms in total. The molecule has 2 aromatic rings. The van der Waals surface area contributed by atoms with Gasteiger partial charge in [0, 0.05) is 25.3 Å². The maximum atomic E-state index is 12.7. The number of fused-ring (bicyclic) bond motifs is 1. The van der Waals surface area contributed by atoms with Crippen LogP contribution in [0.3, 0.4) is 0 Å². The Labute approximate surface area is 159 Å². The van der Waals surface area contributed by atoms with E-state index in [4.69, 9.17) is 17.0 Å². The molecule has 2 N–H and O–H groups in total. The van der Waals surface area contributed by atoms with E-state index in [1.54, 1.807) is 0 Å². The van der Waals surface area contributed by atoms with Gasteiger partial charge in [-0.25, -0.2) is 0 Å². The Bertz CT molecular complexity index is 856. The molecule has 1 fully saturated rings. The number of nitrogens with zero attached hydrogens (tertiary/aromatic N) is 1. The molecule has 6 heteroatoms. The average molecular weight is 374 g/mol. The monoisotopic (exact) mass is 373 g/mol. The fourth-order valence-corrected chi connectivity index (χ4v) is 3.69. The van der Waals surface area contributed by atoms with Crippen molar-refractivity contribution in [2.45, 2.75) is 46.3 Å². The Kier molecular flexibility index (Phi) is 5.94. The molecule has 0 radical (unpaired) electrons. The Morgan fingerprint density at radius 2 is 2.23 bits per heavy atom.